The van der Waals surface area contributed by atoms with Crippen LogP contribution in [-0.4, -0.2) is 18.9 Å². The first-order chi connectivity index (χ1) is 13.7. The van der Waals surface area contributed by atoms with Crippen molar-refractivity contribution in [2.75, 3.05) is 0 Å². The molecule has 0 fully saturated rings. The third-order valence-electron chi connectivity index (χ3n) is 4.84. The SMILES string of the molecule is O=c1cnc2cccnc2n1Cc1ccc(-c2ccc3cccn3c2)cc1F. The lowest BCUT2D eigenvalue weighted by molar-refractivity contribution is 0.599. The molecule has 0 saturated heterocycles. The van der Waals surface area contributed by atoms with Crippen LogP contribution in [-0.2, 0) is 6.54 Å². The summed E-state index contributed by atoms with van der Waals surface area (Å²) < 4.78 is 18.3. The van der Waals surface area contributed by atoms with E-state index < -0.39 is 0 Å². The summed E-state index contributed by atoms with van der Waals surface area (Å²) in [4.78, 5) is 20.6. The molecular weight excluding hydrogens is 355 g/mol. The Labute approximate surface area is 159 Å². The molecule has 0 N–H and O–H groups in total. The van der Waals surface area contributed by atoms with Gasteiger partial charge in [0.2, 0.25) is 0 Å². The van der Waals surface area contributed by atoms with Crippen LogP contribution in [0.1, 0.15) is 5.56 Å². The topological polar surface area (TPSA) is 52.2 Å². The molecule has 0 aliphatic rings. The summed E-state index contributed by atoms with van der Waals surface area (Å²) in [5.74, 6) is -0.363. The molecule has 28 heavy (non-hydrogen) atoms. The summed E-state index contributed by atoms with van der Waals surface area (Å²) >= 11 is 0. The van der Waals surface area contributed by atoms with Crippen LogP contribution in [0.2, 0.25) is 0 Å². The van der Waals surface area contributed by atoms with Crippen LogP contribution in [0.15, 0.2) is 84.2 Å². The Bertz CT molecular complexity index is 1390. The highest BCUT2D eigenvalue weighted by molar-refractivity contribution is 5.69. The van der Waals surface area contributed by atoms with Gasteiger partial charge < -0.3 is 4.40 Å². The lowest BCUT2D eigenvalue weighted by atomic mass is 10.0. The second kappa shape index (κ2) is 6.42. The standard InChI is InChI=1S/C22H15FN4O/c23-19-11-15(16-7-8-18-3-2-10-26(18)13-16)5-6-17(19)14-27-21(28)12-25-20-4-1-9-24-22(20)27/h1-13H,14H2. The predicted octanol–water partition coefficient (Wildman–Crippen LogP) is 3.90. The Hall–Kier alpha value is -3.80. The van der Waals surface area contributed by atoms with Crippen LogP contribution in [0, 0.1) is 5.82 Å². The molecule has 0 unspecified atom stereocenters. The lowest BCUT2D eigenvalue weighted by Gasteiger charge is -2.11. The number of pyridine rings is 2. The summed E-state index contributed by atoms with van der Waals surface area (Å²) in [5, 5.41) is 0. The highest BCUT2D eigenvalue weighted by Gasteiger charge is 2.11. The highest BCUT2D eigenvalue weighted by Crippen LogP contribution is 2.23. The van der Waals surface area contributed by atoms with Crippen molar-refractivity contribution >= 4 is 16.7 Å². The molecule has 5 aromatic rings. The van der Waals surface area contributed by atoms with Crippen LogP contribution in [0.3, 0.4) is 0 Å². The first-order valence-corrected chi connectivity index (χ1v) is 8.85. The van der Waals surface area contributed by atoms with Gasteiger partial charge in [0, 0.05) is 29.7 Å². The van der Waals surface area contributed by atoms with Crippen LogP contribution >= 0.6 is 0 Å². The Morgan fingerprint density at radius 1 is 0.964 bits per heavy atom. The van der Waals surface area contributed by atoms with Crippen LogP contribution < -0.4 is 5.56 Å². The van der Waals surface area contributed by atoms with Crippen molar-refractivity contribution in [2.45, 2.75) is 6.54 Å². The molecule has 0 aliphatic heterocycles. The normalized spacial score (nSPS) is 11.3. The maximum absolute atomic E-state index is 14.8. The lowest BCUT2D eigenvalue weighted by Crippen LogP contribution is -2.22. The van der Waals surface area contributed by atoms with Crippen LogP contribution in [0.5, 0.6) is 0 Å². The molecular formula is C22H15FN4O. The van der Waals surface area contributed by atoms with Gasteiger partial charge in [-0.25, -0.2) is 14.4 Å². The Morgan fingerprint density at radius 2 is 1.86 bits per heavy atom. The first kappa shape index (κ1) is 16.4. The summed E-state index contributed by atoms with van der Waals surface area (Å²) in [6, 6.07) is 16.5. The van der Waals surface area contributed by atoms with E-state index in [9.17, 15) is 9.18 Å². The van der Waals surface area contributed by atoms with Crippen LogP contribution in [0.25, 0.3) is 27.8 Å². The van der Waals surface area contributed by atoms with Gasteiger partial charge in [0.05, 0.1) is 12.7 Å². The number of hydrogen-bond acceptors (Lipinski definition) is 3. The zero-order valence-corrected chi connectivity index (χ0v) is 14.8. The minimum atomic E-state index is -0.363. The Kier molecular flexibility index (Phi) is 3.76. The minimum Gasteiger partial charge on any atom is -0.323 e. The Morgan fingerprint density at radius 3 is 2.75 bits per heavy atom. The van der Waals surface area contributed by atoms with E-state index in [4.69, 9.17) is 0 Å². The second-order valence-electron chi connectivity index (χ2n) is 6.59. The second-order valence-corrected chi connectivity index (χ2v) is 6.59. The van der Waals surface area contributed by atoms with E-state index in [1.165, 1.54) is 16.8 Å². The smallest absolute Gasteiger partial charge is 0.270 e. The number of benzene rings is 1. The molecule has 0 atom stereocenters. The molecule has 1 aromatic carbocycles. The average molecular weight is 370 g/mol. The molecule has 136 valence electrons. The molecule has 6 heteroatoms. The van der Waals surface area contributed by atoms with Gasteiger partial charge in [-0.3, -0.25) is 9.36 Å². The highest BCUT2D eigenvalue weighted by atomic mass is 19.1. The fourth-order valence-corrected chi connectivity index (χ4v) is 3.38. The van der Waals surface area contributed by atoms with Crippen molar-refractivity contribution in [2.24, 2.45) is 0 Å². The van der Waals surface area contributed by atoms with Gasteiger partial charge in [-0.15, -0.1) is 0 Å². The zero-order valence-electron chi connectivity index (χ0n) is 14.8. The van der Waals surface area contributed by atoms with Gasteiger partial charge >= 0.3 is 0 Å². The fraction of sp³-hybridized carbons (Fsp3) is 0.0455. The molecule has 0 amide bonds. The van der Waals surface area contributed by atoms with E-state index >= 15 is 0 Å². The van der Waals surface area contributed by atoms with Crippen molar-refractivity contribution in [3.63, 3.8) is 0 Å². The average Bonchev–Trinajstić information content (AvgIpc) is 3.19. The monoisotopic (exact) mass is 370 g/mol. The predicted molar refractivity (Wildman–Crippen MR) is 106 cm³/mol. The van der Waals surface area contributed by atoms with Crippen LogP contribution in [0.4, 0.5) is 4.39 Å². The molecule has 0 bridgehead atoms. The third-order valence-corrected chi connectivity index (χ3v) is 4.84. The number of fused-ring (bicyclic) bond motifs is 2. The molecule has 0 spiro atoms. The van der Waals surface area contributed by atoms with E-state index in [0.717, 1.165) is 16.6 Å². The fourth-order valence-electron chi connectivity index (χ4n) is 3.38. The summed E-state index contributed by atoms with van der Waals surface area (Å²) in [6.07, 6.45) is 6.76. The third kappa shape index (κ3) is 2.75. The maximum atomic E-state index is 14.8. The van der Waals surface area contributed by atoms with Crippen molar-refractivity contribution in [1.82, 2.24) is 18.9 Å². The first-order valence-electron chi connectivity index (χ1n) is 8.85. The molecule has 0 aliphatic carbocycles. The quantitative estimate of drug-likeness (QED) is 0.484. The van der Waals surface area contributed by atoms with Gasteiger partial charge in [0.15, 0.2) is 5.65 Å². The number of aromatic nitrogens is 4. The van der Waals surface area contributed by atoms with Crippen molar-refractivity contribution < 1.29 is 4.39 Å². The molecule has 0 radical (unpaired) electrons. The number of rotatable bonds is 3. The van der Waals surface area contributed by atoms with Gasteiger partial charge in [0.1, 0.15) is 11.3 Å². The van der Waals surface area contributed by atoms with E-state index in [2.05, 4.69) is 9.97 Å². The van der Waals surface area contributed by atoms with E-state index in [1.54, 1.807) is 24.4 Å². The molecule has 4 aromatic heterocycles. The summed E-state index contributed by atoms with van der Waals surface area (Å²) in [7, 11) is 0. The molecule has 0 saturated carbocycles. The largest absolute Gasteiger partial charge is 0.323 e. The number of hydrogen-bond donors (Lipinski definition) is 0. The zero-order chi connectivity index (χ0) is 19.1. The van der Waals surface area contributed by atoms with Gasteiger partial charge in [-0.2, -0.15) is 0 Å². The van der Waals surface area contributed by atoms with Crippen molar-refractivity contribution in [3.8, 4) is 11.1 Å². The van der Waals surface area contributed by atoms with E-state index in [0.29, 0.717) is 16.7 Å². The maximum Gasteiger partial charge on any atom is 0.270 e. The number of nitrogens with zero attached hydrogens (tertiary/aromatic N) is 4. The number of halogens is 1. The van der Waals surface area contributed by atoms with Gasteiger partial charge in [-0.1, -0.05) is 18.2 Å². The van der Waals surface area contributed by atoms with E-state index in [-0.39, 0.29) is 17.9 Å². The van der Waals surface area contributed by atoms with Crippen molar-refractivity contribution in [1.29, 1.82) is 0 Å². The van der Waals surface area contributed by atoms with E-state index in [1.807, 2.05) is 47.1 Å². The molecule has 4 heterocycles. The molecule has 5 rings (SSSR count). The Balaban J connectivity index is 1.54. The molecule has 5 nitrogen and oxygen atoms in total. The van der Waals surface area contributed by atoms with Gasteiger partial charge in [-0.05, 0) is 47.5 Å². The minimum absolute atomic E-state index is 0.0949. The van der Waals surface area contributed by atoms with Gasteiger partial charge in [0.25, 0.3) is 5.56 Å². The summed E-state index contributed by atoms with van der Waals surface area (Å²) in [5.41, 5.74) is 3.93. The van der Waals surface area contributed by atoms with Crippen molar-refractivity contribution in [3.05, 3.63) is 101 Å². The summed E-state index contributed by atoms with van der Waals surface area (Å²) in [6.45, 7) is 0.0949.